The number of hydrogen-bond acceptors (Lipinski definition) is 5. The maximum atomic E-state index is 13.2. The standard InChI is InChI=1S/C19H27FN2O5/c20-14-3-1-2-12(10-14)4-5-15(23)11-16(18(25)22-27)19(26)8-6-13(7-9-19)17(21)24/h1-3,10,13,15-16,23,26-27H,4-9,11H2,(H2,21,24)(H,22,25). The normalized spacial score (nSPS) is 24.8. The topological polar surface area (TPSA) is 133 Å². The van der Waals surface area contributed by atoms with E-state index in [1.165, 1.54) is 12.1 Å². The lowest BCUT2D eigenvalue weighted by Gasteiger charge is -2.40. The van der Waals surface area contributed by atoms with E-state index in [1.54, 1.807) is 17.6 Å². The first-order valence-electron chi connectivity index (χ1n) is 9.13. The number of primary amides is 1. The predicted octanol–water partition coefficient (Wildman–Crippen LogP) is 1.04. The summed E-state index contributed by atoms with van der Waals surface area (Å²) < 4.78 is 13.2. The highest BCUT2D eigenvalue weighted by Crippen LogP contribution is 2.39. The van der Waals surface area contributed by atoms with Gasteiger partial charge in [0.15, 0.2) is 0 Å². The molecule has 0 aliphatic heterocycles. The quantitative estimate of drug-likeness (QED) is 0.338. The predicted molar refractivity (Wildman–Crippen MR) is 94.9 cm³/mol. The Morgan fingerprint density at radius 2 is 2.00 bits per heavy atom. The summed E-state index contributed by atoms with van der Waals surface area (Å²) in [7, 11) is 0. The summed E-state index contributed by atoms with van der Waals surface area (Å²) >= 11 is 0. The average molecular weight is 382 g/mol. The SMILES string of the molecule is NC(=O)C1CCC(O)(C(CC(O)CCc2cccc(F)c2)C(=O)NO)CC1. The summed E-state index contributed by atoms with van der Waals surface area (Å²) in [6.07, 6.45) is 0.756. The number of aliphatic hydroxyl groups excluding tert-OH is 1. The Labute approximate surface area is 157 Å². The Hall–Kier alpha value is -2.03. The number of aryl methyl sites for hydroxylation is 1. The Morgan fingerprint density at radius 1 is 1.33 bits per heavy atom. The average Bonchev–Trinajstić information content (AvgIpc) is 2.64. The molecule has 1 aromatic carbocycles. The van der Waals surface area contributed by atoms with Gasteiger partial charge in [0.1, 0.15) is 5.82 Å². The molecular weight excluding hydrogens is 355 g/mol. The highest BCUT2D eigenvalue weighted by atomic mass is 19.1. The molecule has 150 valence electrons. The van der Waals surface area contributed by atoms with Crippen molar-refractivity contribution in [1.29, 1.82) is 0 Å². The van der Waals surface area contributed by atoms with E-state index in [0.717, 1.165) is 5.56 Å². The zero-order valence-corrected chi connectivity index (χ0v) is 15.1. The van der Waals surface area contributed by atoms with Gasteiger partial charge in [-0.3, -0.25) is 14.8 Å². The lowest BCUT2D eigenvalue weighted by molar-refractivity contribution is -0.150. The maximum absolute atomic E-state index is 13.2. The molecule has 0 heterocycles. The number of hydrogen-bond donors (Lipinski definition) is 5. The van der Waals surface area contributed by atoms with Crippen LogP contribution in [0.5, 0.6) is 0 Å². The number of benzene rings is 1. The second kappa shape index (κ2) is 9.25. The lowest BCUT2D eigenvalue weighted by atomic mass is 9.70. The van der Waals surface area contributed by atoms with Crippen molar-refractivity contribution in [1.82, 2.24) is 5.48 Å². The van der Waals surface area contributed by atoms with E-state index < -0.39 is 29.4 Å². The van der Waals surface area contributed by atoms with Gasteiger partial charge in [0, 0.05) is 5.92 Å². The van der Waals surface area contributed by atoms with Crippen LogP contribution >= 0.6 is 0 Å². The van der Waals surface area contributed by atoms with Gasteiger partial charge in [-0.15, -0.1) is 0 Å². The van der Waals surface area contributed by atoms with E-state index in [9.17, 15) is 24.2 Å². The van der Waals surface area contributed by atoms with Crippen molar-refractivity contribution in [2.24, 2.45) is 17.6 Å². The zero-order chi connectivity index (χ0) is 20.0. The molecule has 2 unspecified atom stereocenters. The van der Waals surface area contributed by atoms with Crippen molar-refractivity contribution in [3.05, 3.63) is 35.6 Å². The number of halogens is 1. The number of aliphatic hydroxyl groups is 2. The second-order valence-corrected chi connectivity index (χ2v) is 7.37. The number of nitrogens with one attached hydrogen (secondary N) is 1. The van der Waals surface area contributed by atoms with E-state index in [4.69, 9.17) is 10.9 Å². The van der Waals surface area contributed by atoms with Gasteiger partial charge in [0.2, 0.25) is 11.8 Å². The van der Waals surface area contributed by atoms with E-state index in [1.807, 2.05) is 0 Å². The van der Waals surface area contributed by atoms with Gasteiger partial charge in [-0.05, 0) is 62.6 Å². The van der Waals surface area contributed by atoms with E-state index in [-0.39, 0.29) is 37.4 Å². The third-order valence-electron chi connectivity index (χ3n) is 5.49. The summed E-state index contributed by atoms with van der Waals surface area (Å²) in [4.78, 5) is 23.4. The molecule has 0 bridgehead atoms. The molecule has 2 amide bonds. The molecule has 1 aromatic rings. The van der Waals surface area contributed by atoms with Crippen molar-refractivity contribution in [3.8, 4) is 0 Å². The van der Waals surface area contributed by atoms with Gasteiger partial charge in [-0.25, -0.2) is 9.87 Å². The van der Waals surface area contributed by atoms with E-state index in [0.29, 0.717) is 19.3 Å². The fourth-order valence-electron chi connectivity index (χ4n) is 3.81. The third kappa shape index (κ3) is 5.72. The molecule has 0 saturated heterocycles. The van der Waals surface area contributed by atoms with Gasteiger partial charge < -0.3 is 15.9 Å². The van der Waals surface area contributed by atoms with Crippen molar-refractivity contribution in [3.63, 3.8) is 0 Å². The first-order valence-corrected chi connectivity index (χ1v) is 9.13. The molecule has 8 heteroatoms. The molecule has 0 spiro atoms. The first-order chi connectivity index (χ1) is 12.7. The van der Waals surface area contributed by atoms with Crippen LogP contribution in [0.2, 0.25) is 0 Å². The molecule has 2 rings (SSSR count). The van der Waals surface area contributed by atoms with Crippen LogP contribution in [0.4, 0.5) is 4.39 Å². The van der Waals surface area contributed by atoms with Gasteiger partial charge in [0.05, 0.1) is 17.6 Å². The number of hydroxylamine groups is 1. The summed E-state index contributed by atoms with van der Waals surface area (Å²) in [6.45, 7) is 0. The molecule has 0 aromatic heterocycles. The monoisotopic (exact) mass is 382 g/mol. The van der Waals surface area contributed by atoms with Crippen LogP contribution in [0.25, 0.3) is 0 Å². The Bertz CT molecular complexity index is 661. The summed E-state index contributed by atoms with van der Waals surface area (Å²) in [5.41, 5.74) is 6.14. The summed E-state index contributed by atoms with van der Waals surface area (Å²) in [5.74, 6) is -2.95. The van der Waals surface area contributed by atoms with Crippen LogP contribution in [0.15, 0.2) is 24.3 Å². The molecule has 1 aliphatic rings. The Morgan fingerprint density at radius 3 is 2.56 bits per heavy atom. The maximum Gasteiger partial charge on any atom is 0.249 e. The minimum atomic E-state index is -1.43. The molecule has 1 saturated carbocycles. The largest absolute Gasteiger partial charge is 0.393 e. The molecule has 0 radical (unpaired) electrons. The van der Waals surface area contributed by atoms with Crippen molar-refractivity contribution >= 4 is 11.8 Å². The fraction of sp³-hybridized carbons (Fsp3) is 0.579. The van der Waals surface area contributed by atoms with E-state index in [2.05, 4.69) is 0 Å². The zero-order valence-electron chi connectivity index (χ0n) is 15.1. The van der Waals surface area contributed by atoms with Gasteiger partial charge in [0.25, 0.3) is 0 Å². The highest BCUT2D eigenvalue weighted by molar-refractivity contribution is 5.79. The van der Waals surface area contributed by atoms with Crippen LogP contribution < -0.4 is 11.2 Å². The minimum absolute atomic E-state index is 0.0561. The Balaban J connectivity index is 1.99. The van der Waals surface area contributed by atoms with Crippen LogP contribution in [-0.4, -0.2) is 38.9 Å². The second-order valence-electron chi connectivity index (χ2n) is 7.37. The van der Waals surface area contributed by atoms with Crippen LogP contribution in [0.3, 0.4) is 0 Å². The van der Waals surface area contributed by atoms with Gasteiger partial charge in [-0.1, -0.05) is 12.1 Å². The van der Waals surface area contributed by atoms with Crippen LogP contribution in [0, 0.1) is 17.7 Å². The molecule has 6 N–H and O–H groups in total. The van der Waals surface area contributed by atoms with Crippen LogP contribution in [0.1, 0.15) is 44.1 Å². The third-order valence-corrected chi connectivity index (χ3v) is 5.49. The molecule has 27 heavy (non-hydrogen) atoms. The van der Waals surface area contributed by atoms with Gasteiger partial charge in [-0.2, -0.15) is 0 Å². The number of amides is 2. The number of rotatable bonds is 8. The first kappa shape index (κ1) is 21.3. The molecule has 1 fully saturated rings. The number of carbonyl (C=O) groups is 2. The molecule has 7 nitrogen and oxygen atoms in total. The van der Waals surface area contributed by atoms with E-state index >= 15 is 0 Å². The minimum Gasteiger partial charge on any atom is -0.393 e. The van der Waals surface area contributed by atoms with Crippen molar-refractivity contribution in [2.75, 3.05) is 0 Å². The van der Waals surface area contributed by atoms with Crippen molar-refractivity contribution < 1.29 is 29.4 Å². The number of carbonyl (C=O) groups excluding carboxylic acids is 2. The molecular formula is C19H27FN2O5. The van der Waals surface area contributed by atoms with Gasteiger partial charge >= 0.3 is 0 Å². The smallest absolute Gasteiger partial charge is 0.249 e. The summed E-state index contributed by atoms with van der Waals surface area (Å²) in [5, 5.41) is 30.3. The Kier molecular flexibility index (Phi) is 7.29. The highest BCUT2D eigenvalue weighted by Gasteiger charge is 2.45. The summed E-state index contributed by atoms with van der Waals surface area (Å²) in [6, 6.07) is 6.04. The molecule has 2 atom stereocenters. The van der Waals surface area contributed by atoms with Crippen molar-refractivity contribution in [2.45, 2.75) is 56.7 Å². The van der Waals surface area contributed by atoms with Crippen LogP contribution in [-0.2, 0) is 16.0 Å². The molecule has 1 aliphatic carbocycles. The lowest BCUT2D eigenvalue weighted by Crippen LogP contribution is -2.50. The fourth-order valence-corrected chi connectivity index (χ4v) is 3.81. The number of nitrogens with two attached hydrogens (primary N) is 1.